The predicted octanol–water partition coefficient (Wildman–Crippen LogP) is 3.03. The van der Waals surface area contributed by atoms with Gasteiger partial charge < -0.3 is 14.9 Å². The fraction of sp³-hybridized carbons (Fsp3) is 0.375. The van der Waals surface area contributed by atoms with Crippen LogP contribution in [0.2, 0.25) is 0 Å². The molecule has 0 spiro atoms. The summed E-state index contributed by atoms with van der Waals surface area (Å²) in [4.78, 5) is 21.7. The molecule has 0 aromatic heterocycles. The fourth-order valence-corrected chi connectivity index (χ4v) is 2.07. The predicted molar refractivity (Wildman–Crippen MR) is 79.5 cm³/mol. The fourth-order valence-electron chi connectivity index (χ4n) is 2.07. The number of carboxylic acid groups (broad SMARTS) is 2. The maximum Gasteiger partial charge on any atom is 0.344 e. The molecule has 0 aliphatic rings. The van der Waals surface area contributed by atoms with E-state index >= 15 is 0 Å². The monoisotopic (exact) mass is 292 g/mol. The molecule has 1 aromatic rings. The van der Waals surface area contributed by atoms with E-state index in [9.17, 15) is 9.59 Å². The van der Waals surface area contributed by atoms with E-state index < -0.39 is 18.0 Å². The third-order valence-electron chi connectivity index (χ3n) is 2.99. The van der Waals surface area contributed by atoms with Crippen molar-refractivity contribution in [1.29, 1.82) is 0 Å². The highest BCUT2D eigenvalue weighted by Gasteiger charge is 2.20. The minimum atomic E-state index is -1.01. The smallest absolute Gasteiger partial charge is 0.344 e. The number of rotatable bonds is 7. The van der Waals surface area contributed by atoms with Gasteiger partial charge >= 0.3 is 11.9 Å². The minimum absolute atomic E-state index is 0.439. The van der Waals surface area contributed by atoms with Crippen LogP contribution in [0.3, 0.4) is 0 Å². The number of benzene rings is 1. The molecule has 5 heteroatoms. The zero-order valence-electron chi connectivity index (χ0n) is 12.4. The van der Waals surface area contributed by atoms with Crippen LogP contribution in [0.4, 0.5) is 0 Å². The maximum absolute atomic E-state index is 11.2. The molecule has 0 aliphatic carbocycles. The molecule has 0 fully saturated rings. The van der Waals surface area contributed by atoms with Gasteiger partial charge in [-0.15, -0.1) is 0 Å². The summed E-state index contributed by atoms with van der Waals surface area (Å²) in [5.74, 6) is -1.45. The number of hydrogen-bond donors (Lipinski definition) is 2. The van der Waals surface area contributed by atoms with Crippen molar-refractivity contribution < 1.29 is 24.5 Å². The molecule has 114 valence electrons. The Morgan fingerprint density at radius 3 is 2.24 bits per heavy atom. The molecule has 1 rings (SSSR count). The van der Waals surface area contributed by atoms with Crippen LogP contribution in [-0.4, -0.2) is 28.3 Å². The van der Waals surface area contributed by atoms with E-state index in [4.69, 9.17) is 14.9 Å². The summed E-state index contributed by atoms with van der Waals surface area (Å²) in [7, 11) is 0. The summed E-state index contributed by atoms with van der Waals surface area (Å²) < 4.78 is 5.62. The summed E-state index contributed by atoms with van der Waals surface area (Å²) >= 11 is 0. The summed E-state index contributed by atoms with van der Waals surface area (Å²) in [6.45, 7) is 5.52. The lowest BCUT2D eigenvalue weighted by Crippen LogP contribution is -2.27. The number of ether oxygens (including phenoxy) is 1. The highest BCUT2D eigenvalue weighted by atomic mass is 16.5. The second kappa shape index (κ2) is 7.47. The Morgan fingerprint density at radius 1 is 1.24 bits per heavy atom. The van der Waals surface area contributed by atoms with Crippen molar-refractivity contribution in [3.63, 3.8) is 0 Å². The van der Waals surface area contributed by atoms with Crippen LogP contribution in [-0.2, 0) is 9.59 Å². The van der Waals surface area contributed by atoms with Gasteiger partial charge in [0.25, 0.3) is 0 Å². The Balaban J connectivity index is 3.04. The van der Waals surface area contributed by atoms with Gasteiger partial charge in [-0.25, -0.2) is 9.59 Å². The van der Waals surface area contributed by atoms with Gasteiger partial charge in [0.1, 0.15) is 5.75 Å². The summed E-state index contributed by atoms with van der Waals surface area (Å²) in [6.07, 6.45) is 2.84. The van der Waals surface area contributed by atoms with Crippen molar-refractivity contribution in [2.24, 2.45) is 0 Å². The van der Waals surface area contributed by atoms with Gasteiger partial charge in [0.05, 0.1) is 0 Å². The van der Waals surface area contributed by atoms with Crippen molar-refractivity contribution in [3.8, 4) is 5.75 Å². The molecule has 1 unspecified atom stereocenters. The van der Waals surface area contributed by atoms with Crippen LogP contribution in [0.5, 0.6) is 5.75 Å². The number of carboxylic acids is 2. The average Bonchev–Trinajstić information content (AvgIpc) is 2.38. The third-order valence-corrected chi connectivity index (χ3v) is 2.99. The molecule has 0 saturated heterocycles. The second-order valence-corrected chi connectivity index (χ2v) is 4.89. The molecular formula is C16H20O5. The summed E-state index contributed by atoms with van der Waals surface area (Å²) in [6, 6.07) is 3.54. The highest BCUT2D eigenvalue weighted by molar-refractivity contribution is 5.85. The third kappa shape index (κ3) is 4.95. The largest absolute Gasteiger partial charge is 0.479 e. The van der Waals surface area contributed by atoms with E-state index in [-0.39, 0.29) is 0 Å². The molecular weight excluding hydrogens is 272 g/mol. The van der Waals surface area contributed by atoms with Crippen molar-refractivity contribution in [2.45, 2.75) is 39.7 Å². The van der Waals surface area contributed by atoms with Gasteiger partial charge in [0.2, 0.25) is 0 Å². The number of aliphatic carboxylic acids is 2. The molecule has 1 atom stereocenters. The van der Waals surface area contributed by atoms with Crippen molar-refractivity contribution >= 4 is 18.0 Å². The Kier molecular flexibility index (Phi) is 5.96. The molecule has 0 amide bonds. The van der Waals surface area contributed by atoms with Crippen molar-refractivity contribution in [1.82, 2.24) is 0 Å². The van der Waals surface area contributed by atoms with Crippen molar-refractivity contribution in [3.05, 3.63) is 34.9 Å². The summed E-state index contributed by atoms with van der Waals surface area (Å²) in [5.41, 5.74) is 2.30. The Hall–Kier alpha value is -2.30. The second-order valence-electron chi connectivity index (χ2n) is 4.89. The molecule has 0 heterocycles. The maximum atomic E-state index is 11.2. The van der Waals surface area contributed by atoms with Crippen LogP contribution in [0.1, 0.15) is 36.5 Å². The van der Waals surface area contributed by atoms with E-state index in [1.165, 1.54) is 6.08 Å². The quantitative estimate of drug-likeness (QED) is 0.755. The molecule has 0 saturated carbocycles. The zero-order valence-corrected chi connectivity index (χ0v) is 12.4. The van der Waals surface area contributed by atoms with Crippen LogP contribution in [0.15, 0.2) is 18.2 Å². The van der Waals surface area contributed by atoms with Crippen LogP contribution >= 0.6 is 0 Å². The van der Waals surface area contributed by atoms with Gasteiger partial charge in [-0.05, 0) is 55.2 Å². The topological polar surface area (TPSA) is 83.8 Å². The summed E-state index contributed by atoms with van der Waals surface area (Å²) in [5, 5.41) is 17.8. The van der Waals surface area contributed by atoms with Crippen LogP contribution in [0.25, 0.3) is 6.08 Å². The van der Waals surface area contributed by atoms with E-state index in [0.717, 1.165) is 22.8 Å². The number of carbonyl (C=O) groups is 2. The van der Waals surface area contributed by atoms with Gasteiger partial charge in [0, 0.05) is 6.08 Å². The lowest BCUT2D eigenvalue weighted by atomic mass is 10.0. The minimum Gasteiger partial charge on any atom is -0.479 e. The van der Waals surface area contributed by atoms with Gasteiger partial charge in [-0.1, -0.05) is 13.3 Å². The number of aryl methyl sites for hydroxylation is 2. The van der Waals surface area contributed by atoms with E-state index in [1.54, 1.807) is 12.1 Å². The highest BCUT2D eigenvalue weighted by Crippen LogP contribution is 2.27. The zero-order chi connectivity index (χ0) is 16.0. The van der Waals surface area contributed by atoms with E-state index in [0.29, 0.717) is 18.6 Å². The molecule has 5 nitrogen and oxygen atoms in total. The standard InChI is InChI=1S/C16H20O5/c1-4-5-13(16(19)20)21-15-10(2)8-12(9-11(15)3)6-7-14(17)18/h6-9,13H,4-5H2,1-3H3,(H,17,18)(H,19,20)/b7-6+. The average molecular weight is 292 g/mol. The molecule has 0 bridgehead atoms. The van der Waals surface area contributed by atoms with Crippen LogP contribution < -0.4 is 4.74 Å². The Morgan fingerprint density at radius 2 is 1.81 bits per heavy atom. The molecule has 0 aliphatic heterocycles. The first-order valence-corrected chi connectivity index (χ1v) is 6.76. The normalized spacial score (nSPS) is 12.3. The first-order chi connectivity index (χ1) is 9.85. The van der Waals surface area contributed by atoms with E-state index in [1.807, 2.05) is 20.8 Å². The lowest BCUT2D eigenvalue weighted by Gasteiger charge is -2.18. The van der Waals surface area contributed by atoms with Gasteiger partial charge in [-0.2, -0.15) is 0 Å². The van der Waals surface area contributed by atoms with Gasteiger partial charge in [-0.3, -0.25) is 0 Å². The van der Waals surface area contributed by atoms with Crippen LogP contribution in [0, 0.1) is 13.8 Å². The molecule has 0 radical (unpaired) electrons. The molecule has 1 aromatic carbocycles. The first kappa shape index (κ1) is 16.8. The molecule has 2 N–H and O–H groups in total. The lowest BCUT2D eigenvalue weighted by molar-refractivity contribution is -0.145. The van der Waals surface area contributed by atoms with E-state index in [2.05, 4.69) is 0 Å². The Labute approximate surface area is 123 Å². The van der Waals surface area contributed by atoms with Gasteiger partial charge in [0.15, 0.2) is 6.10 Å². The van der Waals surface area contributed by atoms with Crippen molar-refractivity contribution in [2.75, 3.05) is 0 Å². The SMILES string of the molecule is CCCC(Oc1c(C)cc(/C=C/C(=O)O)cc1C)C(=O)O. The Bertz CT molecular complexity index is 537. The first-order valence-electron chi connectivity index (χ1n) is 6.76. The molecule has 21 heavy (non-hydrogen) atoms. The number of hydrogen-bond acceptors (Lipinski definition) is 3.